The summed E-state index contributed by atoms with van der Waals surface area (Å²) < 4.78 is 32.8. The fourth-order valence-corrected chi connectivity index (χ4v) is 9.60. The van der Waals surface area contributed by atoms with E-state index >= 15 is 0 Å². The predicted molar refractivity (Wildman–Crippen MR) is 279 cm³/mol. The van der Waals surface area contributed by atoms with Gasteiger partial charge in [0.05, 0.1) is 21.4 Å². The van der Waals surface area contributed by atoms with Crippen molar-refractivity contribution < 1.29 is 8.78 Å². The lowest BCUT2D eigenvalue weighted by Crippen LogP contribution is -2.43. The molecule has 4 aromatic heterocycles. The van der Waals surface area contributed by atoms with Crippen molar-refractivity contribution >= 4 is 103 Å². The highest BCUT2D eigenvalue weighted by molar-refractivity contribution is 6.37. The Morgan fingerprint density at radius 2 is 0.943 bits per heavy atom. The van der Waals surface area contributed by atoms with Crippen LogP contribution in [0.25, 0.3) is 44.3 Å². The SMILES string of the molecule is CCn1c(=O)c(-c2ccc(Cl)cc2Cl)cc2cnc(Nc3ccc(N4CCNCC4)c(F)c3)nc21.CCn1c(=O)c(-c2ccc(Cl)cc2Cl)cc2cnc(Nc3ccc(N4CCNCC4)c(F)c3)nc21. The number of fused-ring (bicyclic) bond motifs is 2. The second-order valence-corrected chi connectivity index (χ2v) is 18.2. The van der Waals surface area contributed by atoms with E-state index in [4.69, 9.17) is 46.4 Å². The molecule has 70 heavy (non-hydrogen) atoms. The Kier molecular flexibility index (Phi) is 14.8. The maximum atomic E-state index is 14.8. The smallest absolute Gasteiger partial charge is 0.260 e. The number of halogens is 6. The van der Waals surface area contributed by atoms with E-state index in [9.17, 15) is 18.4 Å². The lowest BCUT2D eigenvalue weighted by Gasteiger charge is -2.29. The number of anilines is 6. The number of rotatable bonds is 10. The molecule has 0 amide bonds. The minimum absolute atomic E-state index is 0.222. The molecule has 2 fully saturated rings. The van der Waals surface area contributed by atoms with Crippen LogP contribution in [-0.4, -0.2) is 81.4 Å². The van der Waals surface area contributed by atoms with Gasteiger partial charge in [0.1, 0.15) is 22.9 Å². The average Bonchev–Trinajstić information content (AvgIpc) is 3.35. The summed E-state index contributed by atoms with van der Waals surface area (Å²) in [6.07, 6.45) is 3.27. The van der Waals surface area contributed by atoms with Gasteiger partial charge in [0.15, 0.2) is 0 Å². The molecule has 8 aromatic rings. The van der Waals surface area contributed by atoms with E-state index in [0.29, 0.717) is 100 Å². The number of piperazine rings is 2. The number of hydrogen-bond acceptors (Lipinski definition) is 12. The summed E-state index contributed by atoms with van der Waals surface area (Å²) in [4.78, 5) is 48.5. The van der Waals surface area contributed by atoms with Crippen molar-refractivity contribution in [3.63, 3.8) is 0 Å². The summed E-state index contributed by atoms with van der Waals surface area (Å²) in [6.45, 7) is 10.9. The van der Waals surface area contributed by atoms with Gasteiger partial charge >= 0.3 is 0 Å². The molecule has 4 aromatic carbocycles. The number of benzene rings is 4. The molecule has 0 unspecified atom stereocenters. The molecule has 0 spiro atoms. The molecule has 20 heteroatoms. The summed E-state index contributed by atoms with van der Waals surface area (Å²) in [5, 5.41) is 15.8. The number of nitrogens with zero attached hydrogens (tertiary/aromatic N) is 8. The van der Waals surface area contributed by atoms with Gasteiger partial charge in [-0.15, -0.1) is 0 Å². The van der Waals surface area contributed by atoms with E-state index in [2.05, 4.69) is 41.2 Å². The first kappa shape index (κ1) is 48.6. The highest BCUT2D eigenvalue weighted by atomic mass is 35.5. The van der Waals surface area contributed by atoms with Gasteiger partial charge in [0.25, 0.3) is 11.1 Å². The van der Waals surface area contributed by atoms with Crippen LogP contribution in [0.5, 0.6) is 0 Å². The van der Waals surface area contributed by atoms with Gasteiger partial charge in [0, 0.05) is 132 Å². The second-order valence-electron chi connectivity index (χ2n) is 16.5. The van der Waals surface area contributed by atoms with Crippen molar-refractivity contribution in [1.82, 2.24) is 39.7 Å². The fourth-order valence-electron chi connectivity index (χ4n) is 8.58. The van der Waals surface area contributed by atoms with Crippen LogP contribution >= 0.6 is 46.4 Å². The summed E-state index contributed by atoms with van der Waals surface area (Å²) >= 11 is 24.8. The Morgan fingerprint density at radius 3 is 1.30 bits per heavy atom. The highest BCUT2D eigenvalue weighted by Crippen LogP contribution is 2.33. The highest BCUT2D eigenvalue weighted by Gasteiger charge is 2.20. The minimum Gasteiger partial charge on any atom is -0.367 e. The van der Waals surface area contributed by atoms with E-state index in [1.165, 1.54) is 12.1 Å². The van der Waals surface area contributed by atoms with Crippen molar-refractivity contribution in [2.75, 3.05) is 72.8 Å². The van der Waals surface area contributed by atoms with E-state index < -0.39 is 0 Å². The molecule has 0 atom stereocenters. The van der Waals surface area contributed by atoms with E-state index in [1.807, 2.05) is 23.6 Å². The zero-order valence-electron chi connectivity index (χ0n) is 38.0. The quantitative estimate of drug-likeness (QED) is 0.103. The van der Waals surface area contributed by atoms with Crippen LogP contribution in [0.2, 0.25) is 20.1 Å². The summed E-state index contributed by atoms with van der Waals surface area (Å²) in [7, 11) is 0. The maximum Gasteiger partial charge on any atom is 0.260 e. The zero-order valence-corrected chi connectivity index (χ0v) is 41.0. The lowest BCUT2D eigenvalue weighted by molar-refractivity contribution is 0.566. The molecule has 2 aliphatic rings. The molecule has 0 saturated carbocycles. The van der Waals surface area contributed by atoms with Crippen LogP contribution in [0.3, 0.4) is 0 Å². The summed E-state index contributed by atoms with van der Waals surface area (Å²) in [5.74, 6) is -0.0864. The lowest BCUT2D eigenvalue weighted by atomic mass is 10.1. The average molecular weight is 1030 g/mol. The van der Waals surface area contributed by atoms with Gasteiger partial charge in [-0.1, -0.05) is 58.5 Å². The molecule has 10 rings (SSSR count). The number of nitrogens with one attached hydrogen (secondary N) is 4. The van der Waals surface area contributed by atoms with Crippen molar-refractivity contribution in [3.05, 3.63) is 150 Å². The summed E-state index contributed by atoms with van der Waals surface area (Å²) in [6, 6.07) is 23.5. The Labute approximate surface area is 421 Å². The number of hydrogen-bond donors (Lipinski definition) is 4. The van der Waals surface area contributed by atoms with Crippen molar-refractivity contribution in [2.24, 2.45) is 0 Å². The Balaban J connectivity index is 0.000000174. The first-order valence-corrected chi connectivity index (χ1v) is 24.2. The van der Waals surface area contributed by atoms with Gasteiger partial charge in [-0.25, -0.2) is 18.7 Å². The largest absolute Gasteiger partial charge is 0.367 e. The van der Waals surface area contributed by atoms with Crippen molar-refractivity contribution in [1.29, 1.82) is 0 Å². The van der Waals surface area contributed by atoms with Gasteiger partial charge < -0.3 is 31.1 Å². The molecule has 6 heterocycles. The Morgan fingerprint density at radius 1 is 0.543 bits per heavy atom. The Hall–Kier alpha value is -6.40. The summed E-state index contributed by atoms with van der Waals surface area (Å²) in [5.41, 5.74) is 4.76. The van der Waals surface area contributed by atoms with Gasteiger partial charge in [-0.3, -0.25) is 18.7 Å². The first-order valence-electron chi connectivity index (χ1n) is 22.7. The molecule has 0 aliphatic carbocycles. The van der Waals surface area contributed by atoms with E-state index in [-0.39, 0.29) is 34.6 Å². The fraction of sp³-hybridized carbons (Fsp3) is 0.240. The second kappa shape index (κ2) is 21.3. The van der Waals surface area contributed by atoms with E-state index in [0.717, 1.165) is 52.4 Å². The number of aryl methyl sites for hydroxylation is 2. The van der Waals surface area contributed by atoms with Crippen LogP contribution in [0.15, 0.2) is 107 Å². The molecule has 14 nitrogen and oxygen atoms in total. The number of pyridine rings is 2. The van der Waals surface area contributed by atoms with Gasteiger partial charge in [0.2, 0.25) is 11.9 Å². The van der Waals surface area contributed by atoms with Gasteiger partial charge in [-0.05, 0) is 86.6 Å². The van der Waals surface area contributed by atoms with Crippen LogP contribution in [0, 0.1) is 11.6 Å². The maximum absolute atomic E-state index is 14.8. The van der Waals surface area contributed by atoms with Crippen LogP contribution < -0.4 is 42.2 Å². The zero-order chi connectivity index (χ0) is 49.1. The molecule has 2 saturated heterocycles. The third-order valence-corrected chi connectivity index (χ3v) is 13.1. The van der Waals surface area contributed by atoms with Crippen LogP contribution in [0.1, 0.15) is 13.8 Å². The molecule has 4 N–H and O–H groups in total. The monoisotopic (exact) mass is 1020 g/mol. The van der Waals surface area contributed by atoms with Gasteiger partial charge in [-0.2, -0.15) is 9.97 Å². The molecule has 360 valence electrons. The minimum atomic E-state index is -0.312. The van der Waals surface area contributed by atoms with Crippen LogP contribution in [-0.2, 0) is 13.1 Å². The number of aromatic nitrogens is 6. The van der Waals surface area contributed by atoms with E-state index in [1.54, 1.807) is 94.3 Å². The third-order valence-electron chi connectivity index (χ3n) is 12.1. The standard InChI is InChI=1S/2C25H23Cl2FN6O/c2*1-2-34-23-15(11-19(24(34)35)18-5-3-16(26)12-20(18)27)14-30-25(32-23)31-17-4-6-22(21(28)13-17)33-9-7-29-8-10-33/h2*3-6,11-14,29H,2,7-10H2,1H3,(H,30,31,32). The van der Waals surface area contributed by atoms with Crippen molar-refractivity contribution in [3.8, 4) is 22.3 Å². The molecule has 2 aliphatic heterocycles. The normalized spacial score (nSPS) is 13.9. The molecule has 0 radical (unpaired) electrons. The molecule has 0 bridgehead atoms. The first-order chi connectivity index (χ1) is 33.9. The van der Waals surface area contributed by atoms with Crippen LogP contribution in [0.4, 0.5) is 43.4 Å². The Bertz CT molecular complexity index is 3160. The molecular formula is C50H46Cl4F2N12O2. The third kappa shape index (κ3) is 10.4. The van der Waals surface area contributed by atoms with Crippen molar-refractivity contribution in [2.45, 2.75) is 26.9 Å². The topological polar surface area (TPSA) is 150 Å². The molecular weight excluding hydrogens is 980 g/mol. The predicted octanol–water partition coefficient (Wildman–Crippen LogP) is 10.2.